The van der Waals surface area contributed by atoms with Crippen LogP contribution >= 0.6 is 19.4 Å². The first-order chi connectivity index (χ1) is 13.5. The molecule has 0 aromatic rings. The van der Waals surface area contributed by atoms with Gasteiger partial charge in [0.1, 0.15) is 0 Å². The van der Waals surface area contributed by atoms with Crippen LogP contribution in [0.5, 0.6) is 0 Å². The molecule has 0 aliphatic carbocycles. The zero-order valence-corrected chi connectivity index (χ0v) is 21.3. The Labute approximate surface area is 197 Å². The summed E-state index contributed by atoms with van der Waals surface area (Å²) in [6.07, 6.45) is 2.31. The van der Waals surface area contributed by atoms with Crippen molar-refractivity contribution in [2.24, 2.45) is 0 Å². The second-order valence-corrected chi connectivity index (χ2v) is 10.7. The van der Waals surface area contributed by atoms with E-state index in [1.165, 1.54) is 32.6 Å². The van der Waals surface area contributed by atoms with E-state index >= 15 is 0 Å². The maximum absolute atomic E-state index is 10.7. The molecule has 3 unspecified atom stereocenters. The maximum Gasteiger partial charge on any atom is 2.00 e. The zero-order chi connectivity index (χ0) is 23.1. The molecule has 2 bridgehead atoms. The van der Waals surface area contributed by atoms with Gasteiger partial charge in [0.25, 0.3) is 0 Å². The summed E-state index contributed by atoms with van der Waals surface area (Å²) in [5, 5.41) is 0. The van der Waals surface area contributed by atoms with Crippen LogP contribution in [0.4, 0.5) is 25.2 Å². The number of rotatable bonds is 0. The van der Waals surface area contributed by atoms with E-state index in [1.807, 2.05) is 0 Å². The Bertz CT molecular complexity index is 505. The van der Waals surface area contributed by atoms with Gasteiger partial charge in [0.15, 0.2) is 0 Å². The molecular formula is C17H36ClF6MnN5P+. The fourth-order valence-electron chi connectivity index (χ4n) is 3.36. The molecule has 5 nitrogen and oxygen atoms in total. The van der Waals surface area contributed by atoms with E-state index in [0.29, 0.717) is 0 Å². The molecule has 0 aromatic carbocycles. The summed E-state index contributed by atoms with van der Waals surface area (Å²) >= 11 is 6.75. The van der Waals surface area contributed by atoms with Gasteiger partial charge in [-0.2, -0.15) is 0 Å². The smallest absolute Gasteiger partial charge is 2.00 e. The largest absolute Gasteiger partial charge is 2.00 e. The summed E-state index contributed by atoms with van der Waals surface area (Å²) in [6, 6.07) is 0. The molecule has 0 N–H and O–H groups in total. The Morgan fingerprint density at radius 1 is 0.613 bits per heavy atom. The molecule has 0 amide bonds. The molecule has 2 fully saturated rings. The van der Waals surface area contributed by atoms with E-state index in [1.54, 1.807) is 0 Å². The second-order valence-electron chi connectivity index (χ2n) is 8.32. The first-order valence-electron chi connectivity index (χ1n) is 10.2. The minimum absolute atomic E-state index is 0. The molecule has 1 radical (unpaired) electrons. The van der Waals surface area contributed by atoms with E-state index in [-0.39, 0.29) is 22.6 Å². The van der Waals surface area contributed by atoms with Gasteiger partial charge >= 0.3 is 50.1 Å². The standard InChI is InChI=1S/C17H36ClN5.F6P.Mn/c1-19-6-4-7-22-13-9-20(2)8-5-17(18)23(15-11-19)16-12-21(3)10-14-22;1-7(2,3,4,5)6;/h17H,4-16H2,1-3H3;;/q;-1;+2. The van der Waals surface area contributed by atoms with Crippen molar-refractivity contribution < 1.29 is 42.3 Å². The fraction of sp³-hybridized carbons (Fsp3) is 1.00. The normalized spacial score (nSPS) is 31.4. The van der Waals surface area contributed by atoms with E-state index in [2.05, 4.69) is 45.6 Å². The molecule has 2 rings (SSSR count). The third-order valence-corrected chi connectivity index (χ3v) is 5.79. The number of likely N-dealkylation sites (N-methyl/N-ethyl adjacent to an activating group) is 3. The molecule has 0 saturated carbocycles. The number of hydrogen-bond donors (Lipinski definition) is 0. The van der Waals surface area contributed by atoms with Gasteiger partial charge in [0, 0.05) is 58.9 Å². The Balaban J connectivity index is 0.000000975. The van der Waals surface area contributed by atoms with E-state index in [4.69, 9.17) is 11.6 Å². The van der Waals surface area contributed by atoms with Crippen LogP contribution < -0.4 is 0 Å². The molecule has 31 heavy (non-hydrogen) atoms. The Hall–Kier alpha value is 0.619. The van der Waals surface area contributed by atoms with Crippen LogP contribution in [0.15, 0.2) is 0 Å². The average molecular weight is 546 g/mol. The molecule has 0 aromatic heterocycles. The van der Waals surface area contributed by atoms with Gasteiger partial charge in [0.2, 0.25) is 0 Å². The molecule has 14 heteroatoms. The van der Waals surface area contributed by atoms with Crippen molar-refractivity contribution in [3.8, 4) is 0 Å². The van der Waals surface area contributed by atoms with E-state index in [0.717, 1.165) is 52.2 Å². The maximum atomic E-state index is 9.87. The van der Waals surface area contributed by atoms with Gasteiger partial charge in [-0.15, -0.1) is 11.6 Å². The van der Waals surface area contributed by atoms with Gasteiger partial charge in [-0.05, 0) is 47.1 Å². The minimum atomic E-state index is -10.7. The molecule has 2 aliphatic rings. The first kappa shape index (κ1) is 31.6. The Kier molecular flexibility index (Phi) is 12.6. The zero-order valence-electron chi connectivity index (χ0n) is 18.5. The minimum Gasteiger partial charge on any atom is 2.00 e. The van der Waals surface area contributed by atoms with Gasteiger partial charge in [-0.1, -0.05) is 0 Å². The van der Waals surface area contributed by atoms with Crippen molar-refractivity contribution in [1.82, 2.24) is 24.5 Å². The summed E-state index contributed by atoms with van der Waals surface area (Å²) in [7, 11) is -3.93. The van der Waals surface area contributed by atoms with E-state index in [9.17, 15) is 25.2 Å². The monoisotopic (exact) mass is 545 g/mol. The van der Waals surface area contributed by atoms with Crippen LogP contribution in [0, 0.1) is 0 Å². The summed E-state index contributed by atoms with van der Waals surface area (Å²) < 4.78 is 59.2. The fourth-order valence-corrected chi connectivity index (χ4v) is 3.65. The van der Waals surface area contributed by atoms with Crippen molar-refractivity contribution >= 4 is 19.4 Å². The van der Waals surface area contributed by atoms with Crippen LogP contribution in [-0.4, -0.2) is 123 Å². The molecule has 2 aliphatic heterocycles. The third-order valence-electron chi connectivity index (χ3n) is 5.29. The first-order valence-corrected chi connectivity index (χ1v) is 12.7. The molecule has 3 atom stereocenters. The SMILES string of the molecule is CN1CCC(Cl)N2CCN(C)CCCN(CC1)CCN(C)CC2.F[P-](F)(F)(F)(F)F.[Mn+2]. The summed E-state index contributed by atoms with van der Waals surface area (Å²) in [5.74, 6) is 0. The summed E-state index contributed by atoms with van der Waals surface area (Å²) in [5.41, 5.74) is 0.152. The summed E-state index contributed by atoms with van der Waals surface area (Å²) in [4.78, 5) is 12.5. The summed E-state index contributed by atoms with van der Waals surface area (Å²) in [6.45, 7) is 12.5. The number of hydrogen-bond acceptors (Lipinski definition) is 5. The van der Waals surface area contributed by atoms with Gasteiger partial charge < -0.3 is 19.6 Å². The molecule has 2 heterocycles. The molecule has 0 spiro atoms. The van der Waals surface area contributed by atoms with Crippen molar-refractivity contribution in [1.29, 1.82) is 0 Å². The predicted octanol–water partition coefficient (Wildman–Crippen LogP) is 4.14. The number of alkyl halides is 1. The number of halogens is 7. The second kappa shape index (κ2) is 12.4. The number of fused-ring (bicyclic) bond motifs is 6. The molecule has 189 valence electrons. The Morgan fingerprint density at radius 2 is 1.00 bits per heavy atom. The van der Waals surface area contributed by atoms with Crippen LogP contribution in [0.2, 0.25) is 0 Å². The van der Waals surface area contributed by atoms with Crippen molar-refractivity contribution in [3.63, 3.8) is 0 Å². The third kappa shape index (κ3) is 19.8. The van der Waals surface area contributed by atoms with Crippen LogP contribution in [0.1, 0.15) is 12.8 Å². The van der Waals surface area contributed by atoms with Gasteiger partial charge in [0.05, 0.1) is 5.50 Å². The van der Waals surface area contributed by atoms with Crippen LogP contribution in [-0.2, 0) is 17.1 Å². The Morgan fingerprint density at radius 3 is 1.48 bits per heavy atom. The average Bonchev–Trinajstić information content (AvgIpc) is 2.59. The van der Waals surface area contributed by atoms with Gasteiger partial charge in [-0.3, -0.25) is 4.90 Å². The topological polar surface area (TPSA) is 16.2 Å². The molecule has 2 saturated heterocycles. The predicted molar refractivity (Wildman–Crippen MR) is 113 cm³/mol. The van der Waals surface area contributed by atoms with Crippen LogP contribution in [0.3, 0.4) is 0 Å². The van der Waals surface area contributed by atoms with Crippen LogP contribution in [0.25, 0.3) is 0 Å². The van der Waals surface area contributed by atoms with Crippen molar-refractivity contribution in [3.05, 3.63) is 0 Å². The molecular weight excluding hydrogens is 510 g/mol. The van der Waals surface area contributed by atoms with Gasteiger partial charge in [-0.25, -0.2) is 0 Å². The van der Waals surface area contributed by atoms with Crippen molar-refractivity contribution in [2.45, 2.75) is 18.3 Å². The quantitative estimate of drug-likeness (QED) is 0.113. The van der Waals surface area contributed by atoms with Crippen molar-refractivity contribution in [2.75, 3.05) is 93.1 Å². The van der Waals surface area contributed by atoms with E-state index < -0.39 is 7.81 Å². The number of nitrogens with zero attached hydrogens (tertiary/aromatic N) is 5.